The second-order valence-electron chi connectivity index (χ2n) is 7.26. The molecule has 4 rings (SSSR count). The molecule has 1 atom stereocenters. The van der Waals surface area contributed by atoms with Gasteiger partial charge in [0.05, 0.1) is 5.56 Å². The Hall–Kier alpha value is -2.83. The van der Waals surface area contributed by atoms with Gasteiger partial charge in [-0.2, -0.15) is 0 Å². The maximum absolute atomic E-state index is 14.2. The van der Waals surface area contributed by atoms with Gasteiger partial charge < -0.3 is 10.3 Å². The first-order valence-corrected chi connectivity index (χ1v) is 9.25. The number of rotatable bonds is 5. The van der Waals surface area contributed by atoms with Gasteiger partial charge in [0.25, 0.3) is 12.0 Å². The average Bonchev–Trinajstić information content (AvgIpc) is 3.40. The number of nitrogens with one attached hydrogen (secondary N) is 2. The summed E-state index contributed by atoms with van der Waals surface area (Å²) in [5.41, 5.74) is 1.15. The normalized spacial score (nSPS) is 19.9. The Balaban J connectivity index is 1.77. The van der Waals surface area contributed by atoms with Gasteiger partial charge >= 0.3 is 0 Å². The third-order valence-electron chi connectivity index (χ3n) is 5.19. The van der Waals surface area contributed by atoms with Crippen LogP contribution in [0.4, 0.5) is 13.2 Å². The molecule has 2 aliphatic rings. The molecule has 0 spiro atoms. The van der Waals surface area contributed by atoms with E-state index in [1.165, 1.54) is 6.07 Å². The van der Waals surface area contributed by atoms with E-state index in [0.717, 1.165) is 30.5 Å². The number of hydrogen-bond donors (Lipinski definition) is 2. The topological polar surface area (TPSA) is 62.0 Å². The maximum atomic E-state index is 14.2. The molecule has 0 unspecified atom stereocenters. The van der Waals surface area contributed by atoms with Crippen LogP contribution in [0.25, 0.3) is 5.57 Å². The van der Waals surface area contributed by atoms with Crippen LogP contribution in [-0.4, -0.2) is 16.9 Å². The Kier molecular flexibility index (Phi) is 4.83. The van der Waals surface area contributed by atoms with Gasteiger partial charge in [-0.15, -0.1) is 0 Å². The van der Waals surface area contributed by atoms with E-state index >= 15 is 0 Å². The monoisotopic (exact) mass is 388 g/mol. The van der Waals surface area contributed by atoms with Crippen LogP contribution in [0.3, 0.4) is 0 Å². The lowest BCUT2D eigenvalue weighted by Gasteiger charge is -2.14. The van der Waals surface area contributed by atoms with Gasteiger partial charge in [-0.1, -0.05) is 18.2 Å². The number of benzene rings is 1. The van der Waals surface area contributed by atoms with E-state index in [1.807, 2.05) is 0 Å². The van der Waals surface area contributed by atoms with Gasteiger partial charge in [0.2, 0.25) is 5.91 Å². The minimum absolute atomic E-state index is 0.0857. The quantitative estimate of drug-likeness (QED) is 0.812. The fraction of sp³-hybridized carbons (Fsp3) is 0.333. The van der Waals surface area contributed by atoms with Gasteiger partial charge in [-0.25, -0.2) is 13.2 Å². The highest BCUT2D eigenvalue weighted by molar-refractivity contribution is 5.82. The molecule has 0 bridgehead atoms. The molecule has 7 heteroatoms. The van der Waals surface area contributed by atoms with E-state index in [1.54, 1.807) is 18.2 Å². The summed E-state index contributed by atoms with van der Waals surface area (Å²) in [6.45, 7) is 0. The molecular formula is C21H19F3N2O2. The Labute approximate surface area is 159 Å². The first kappa shape index (κ1) is 18.5. The van der Waals surface area contributed by atoms with Crippen LogP contribution in [0.2, 0.25) is 0 Å². The molecule has 146 valence electrons. The molecule has 1 saturated carbocycles. The molecule has 1 amide bonds. The number of hydrogen-bond acceptors (Lipinski definition) is 2. The van der Waals surface area contributed by atoms with Crippen molar-refractivity contribution in [2.24, 2.45) is 0 Å². The number of amides is 1. The largest absolute Gasteiger partial charge is 0.350 e. The summed E-state index contributed by atoms with van der Waals surface area (Å²) in [5.74, 6) is -0.815. The number of alkyl halides is 2. The zero-order chi connectivity index (χ0) is 19.8. The number of pyridine rings is 1. The minimum atomic E-state index is -2.91. The SMILES string of the molecule is O=C1CC[C@H](/C=C(\c2ccc(C(F)F)c(F)c2)c2ccc(C3CC3)c(=O)[nH]2)N1. The predicted octanol–water partition coefficient (Wildman–Crippen LogP) is 4.04. The molecule has 2 fully saturated rings. The lowest BCUT2D eigenvalue weighted by atomic mass is 9.97. The zero-order valence-electron chi connectivity index (χ0n) is 15.0. The first-order valence-electron chi connectivity index (χ1n) is 9.25. The molecule has 28 heavy (non-hydrogen) atoms. The number of H-pyrrole nitrogens is 1. The molecule has 4 nitrogen and oxygen atoms in total. The minimum Gasteiger partial charge on any atom is -0.350 e. The molecule has 2 heterocycles. The molecule has 2 N–H and O–H groups in total. The third-order valence-corrected chi connectivity index (χ3v) is 5.19. The second-order valence-corrected chi connectivity index (χ2v) is 7.26. The maximum Gasteiger partial charge on any atom is 0.266 e. The number of aromatic amines is 1. The standard InChI is InChI=1S/C21H19F3N2O2/c22-17-9-12(3-5-15(17)20(23)24)16(10-13-4-8-19(27)25-13)18-7-6-14(11-1-2-11)21(28)26-18/h3,5-7,9-11,13,20H,1-2,4,8H2,(H,25,27)(H,26,28)/b16-10+/t13-/m1/s1. The number of halogens is 3. The van der Waals surface area contributed by atoms with Crippen molar-refractivity contribution in [2.45, 2.75) is 44.1 Å². The van der Waals surface area contributed by atoms with Crippen LogP contribution < -0.4 is 10.9 Å². The lowest BCUT2D eigenvalue weighted by Crippen LogP contribution is -2.23. The average molecular weight is 388 g/mol. The molecule has 0 radical (unpaired) electrons. The Morgan fingerprint density at radius 2 is 1.89 bits per heavy atom. The van der Waals surface area contributed by atoms with Crippen LogP contribution in [0.5, 0.6) is 0 Å². The third kappa shape index (κ3) is 3.74. The van der Waals surface area contributed by atoms with Gasteiger partial charge in [0.15, 0.2) is 0 Å². The summed E-state index contributed by atoms with van der Waals surface area (Å²) < 4.78 is 39.9. The molecule has 1 aromatic carbocycles. The predicted molar refractivity (Wildman–Crippen MR) is 98.6 cm³/mol. The van der Waals surface area contributed by atoms with Crippen molar-refractivity contribution in [3.63, 3.8) is 0 Å². The van der Waals surface area contributed by atoms with Crippen molar-refractivity contribution in [3.05, 3.63) is 75.0 Å². The van der Waals surface area contributed by atoms with Crippen molar-refractivity contribution >= 4 is 11.5 Å². The molecule has 1 aliphatic carbocycles. The smallest absolute Gasteiger partial charge is 0.266 e. The Morgan fingerprint density at radius 1 is 1.11 bits per heavy atom. The van der Waals surface area contributed by atoms with Crippen LogP contribution >= 0.6 is 0 Å². The van der Waals surface area contributed by atoms with Crippen molar-refractivity contribution < 1.29 is 18.0 Å². The van der Waals surface area contributed by atoms with Crippen molar-refractivity contribution in [2.75, 3.05) is 0 Å². The Morgan fingerprint density at radius 3 is 2.46 bits per heavy atom. The summed E-state index contributed by atoms with van der Waals surface area (Å²) in [6.07, 6.45) is 1.76. The Bertz CT molecular complexity index is 1010. The van der Waals surface area contributed by atoms with E-state index < -0.39 is 17.8 Å². The molecule has 2 aromatic rings. The van der Waals surface area contributed by atoms with E-state index in [2.05, 4.69) is 10.3 Å². The summed E-state index contributed by atoms with van der Waals surface area (Å²) >= 11 is 0. The second kappa shape index (κ2) is 7.30. The van der Waals surface area contributed by atoms with Gasteiger partial charge in [0.1, 0.15) is 5.82 Å². The number of carbonyl (C=O) groups is 1. The highest BCUT2D eigenvalue weighted by atomic mass is 19.3. The van der Waals surface area contributed by atoms with Gasteiger partial charge in [-0.05, 0) is 48.9 Å². The number of aromatic nitrogens is 1. The van der Waals surface area contributed by atoms with Crippen molar-refractivity contribution in [1.82, 2.24) is 10.3 Å². The molecule has 1 aromatic heterocycles. The number of carbonyl (C=O) groups excluding carboxylic acids is 1. The van der Waals surface area contributed by atoms with Crippen LogP contribution in [0.15, 0.2) is 41.2 Å². The first-order chi connectivity index (χ1) is 13.4. The highest BCUT2D eigenvalue weighted by Crippen LogP contribution is 2.38. The molecular weight excluding hydrogens is 369 g/mol. The fourth-order valence-electron chi connectivity index (χ4n) is 3.53. The van der Waals surface area contributed by atoms with Crippen LogP contribution in [0.1, 0.15) is 60.4 Å². The highest BCUT2D eigenvalue weighted by Gasteiger charge is 2.27. The summed E-state index contributed by atoms with van der Waals surface area (Å²) in [5, 5.41) is 2.80. The zero-order valence-corrected chi connectivity index (χ0v) is 15.0. The van der Waals surface area contributed by atoms with Gasteiger partial charge in [0, 0.05) is 29.3 Å². The molecule has 1 saturated heterocycles. The molecule has 1 aliphatic heterocycles. The van der Waals surface area contributed by atoms with Crippen LogP contribution in [0, 0.1) is 5.82 Å². The van der Waals surface area contributed by atoms with E-state index in [9.17, 15) is 22.8 Å². The summed E-state index contributed by atoms with van der Waals surface area (Å²) in [6, 6.07) is 6.73. The van der Waals surface area contributed by atoms with Crippen molar-refractivity contribution in [1.29, 1.82) is 0 Å². The summed E-state index contributed by atoms with van der Waals surface area (Å²) in [4.78, 5) is 26.8. The van der Waals surface area contributed by atoms with Crippen molar-refractivity contribution in [3.8, 4) is 0 Å². The van der Waals surface area contributed by atoms with Gasteiger partial charge in [-0.3, -0.25) is 9.59 Å². The fourth-order valence-corrected chi connectivity index (χ4v) is 3.53. The van der Waals surface area contributed by atoms with E-state index in [-0.39, 0.29) is 23.4 Å². The van der Waals surface area contributed by atoms with Crippen LogP contribution in [-0.2, 0) is 4.79 Å². The van der Waals surface area contributed by atoms with E-state index in [0.29, 0.717) is 29.7 Å². The summed E-state index contributed by atoms with van der Waals surface area (Å²) in [7, 11) is 0. The lowest BCUT2D eigenvalue weighted by molar-refractivity contribution is -0.119. The van der Waals surface area contributed by atoms with E-state index in [4.69, 9.17) is 0 Å².